The average Bonchev–Trinajstić information content (AvgIpc) is 2.60. The SMILES string of the molecule is CCCN1CCn2cc(C(F)(F)F)nc2C1. The second-order valence-corrected chi connectivity index (χ2v) is 4.01. The van der Waals surface area contributed by atoms with Crippen LogP contribution >= 0.6 is 0 Å². The summed E-state index contributed by atoms with van der Waals surface area (Å²) in [4.78, 5) is 5.78. The van der Waals surface area contributed by atoms with Crippen molar-refractivity contribution in [2.75, 3.05) is 13.1 Å². The molecule has 0 unspecified atom stereocenters. The molecule has 2 rings (SSSR count). The van der Waals surface area contributed by atoms with Gasteiger partial charge in [-0.3, -0.25) is 4.90 Å². The van der Waals surface area contributed by atoms with Crippen LogP contribution in [0.5, 0.6) is 0 Å². The van der Waals surface area contributed by atoms with Gasteiger partial charge in [0.25, 0.3) is 0 Å². The molecule has 6 heteroatoms. The molecule has 1 aromatic heterocycles. The van der Waals surface area contributed by atoms with E-state index in [1.807, 2.05) is 0 Å². The second-order valence-electron chi connectivity index (χ2n) is 4.01. The highest BCUT2D eigenvalue weighted by molar-refractivity contribution is 5.09. The lowest BCUT2D eigenvalue weighted by Crippen LogP contribution is -2.34. The Morgan fingerprint density at radius 2 is 2.12 bits per heavy atom. The van der Waals surface area contributed by atoms with E-state index in [0.29, 0.717) is 18.9 Å². The van der Waals surface area contributed by atoms with E-state index in [4.69, 9.17) is 0 Å². The number of imidazole rings is 1. The Kier molecular flexibility index (Phi) is 2.92. The highest BCUT2D eigenvalue weighted by atomic mass is 19.4. The highest BCUT2D eigenvalue weighted by Gasteiger charge is 2.35. The lowest BCUT2D eigenvalue weighted by atomic mass is 10.3. The second kappa shape index (κ2) is 4.08. The standard InChI is InChI=1S/C10H14F3N3/c1-2-3-15-4-5-16-6-8(10(11,12)13)14-9(16)7-15/h6H,2-5,7H2,1H3. The summed E-state index contributed by atoms with van der Waals surface area (Å²) in [7, 11) is 0. The Morgan fingerprint density at radius 3 is 2.75 bits per heavy atom. The summed E-state index contributed by atoms with van der Waals surface area (Å²) in [5.74, 6) is 0.520. The van der Waals surface area contributed by atoms with Gasteiger partial charge in [-0.05, 0) is 13.0 Å². The van der Waals surface area contributed by atoms with E-state index >= 15 is 0 Å². The number of hydrogen-bond acceptors (Lipinski definition) is 2. The van der Waals surface area contributed by atoms with Crippen LogP contribution in [0.2, 0.25) is 0 Å². The molecule has 1 aliphatic rings. The summed E-state index contributed by atoms with van der Waals surface area (Å²) < 4.78 is 38.9. The third-order valence-electron chi connectivity index (χ3n) is 2.71. The maximum absolute atomic E-state index is 12.4. The van der Waals surface area contributed by atoms with Crippen molar-refractivity contribution in [1.29, 1.82) is 0 Å². The first-order valence-electron chi connectivity index (χ1n) is 5.36. The van der Waals surface area contributed by atoms with Crippen molar-refractivity contribution in [3.63, 3.8) is 0 Å². The summed E-state index contributed by atoms with van der Waals surface area (Å²) in [5, 5.41) is 0. The van der Waals surface area contributed by atoms with Crippen LogP contribution in [0, 0.1) is 0 Å². The van der Waals surface area contributed by atoms with Gasteiger partial charge in [0.05, 0.1) is 6.54 Å². The summed E-state index contributed by atoms with van der Waals surface area (Å²) in [6, 6.07) is 0. The number of halogens is 3. The zero-order valence-corrected chi connectivity index (χ0v) is 9.09. The molecule has 0 amide bonds. The maximum atomic E-state index is 12.4. The fraction of sp³-hybridized carbons (Fsp3) is 0.700. The van der Waals surface area contributed by atoms with Crippen molar-refractivity contribution in [1.82, 2.24) is 14.5 Å². The van der Waals surface area contributed by atoms with Gasteiger partial charge in [0, 0.05) is 19.3 Å². The molecular formula is C10H14F3N3. The normalized spacial score (nSPS) is 17.5. The Bertz CT molecular complexity index is 370. The van der Waals surface area contributed by atoms with Gasteiger partial charge in [-0.25, -0.2) is 4.98 Å². The number of rotatable bonds is 2. The first-order valence-corrected chi connectivity index (χ1v) is 5.36. The van der Waals surface area contributed by atoms with Crippen molar-refractivity contribution in [3.8, 4) is 0 Å². The molecule has 3 nitrogen and oxygen atoms in total. The van der Waals surface area contributed by atoms with Crippen LogP contribution in [0.1, 0.15) is 24.9 Å². The number of fused-ring (bicyclic) bond motifs is 1. The molecular weight excluding hydrogens is 219 g/mol. The van der Waals surface area contributed by atoms with Crippen molar-refractivity contribution in [2.45, 2.75) is 32.6 Å². The molecule has 1 aliphatic heterocycles. The van der Waals surface area contributed by atoms with E-state index in [1.54, 1.807) is 4.57 Å². The molecule has 90 valence electrons. The third-order valence-corrected chi connectivity index (χ3v) is 2.71. The Morgan fingerprint density at radius 1 is 1.38 bits per heavy atom. The van der Waals surface area contributed by atoms with E-state index in [0.717, 1.165) is 25.7 Å². The highest BCUT2D eigenvalue weighted by Crippen LogP contribution is 2.29. The van der Waals surface area contributed by atoms with Crippen LogP contribution in [0.3, 0.4) is 0 Å². The summed E-state index contributed by atoms with van der Waals surface area (Å²) >= 11 is 0. The number of alkyl halides is 3. The molecule has 0 aromatic carbocycles. The zero-order valence-electron chi connectivity index (χ0n) is 9.09. The van der Waals surface area contributed by atoms with Crippen LogP contribution in [0.15, 0.2) is 6.20 Å². The third kappa shape index (κ3) is 2.21. The summed E-state index contributed by atoms with van der Waals surface area (Å²) in [6.45, 7) is 4.88. The maximum Gasteiger partial charge on any atom is 0.434 e. The Labute approximate surface area is 91.9 Å². The number of hydrogen-bond donors (Lipinski definition) is 0. The summed E-state index contributed by atoms with van der Waals surface area (Å²) in [6.07, 6.45) is -2.22. The first-order chi connectivity index (χ1) is 7.50. The minimum atomic E-state index is -4.33. The predicted octanol–water partition coefficient (Wildman–Crippen LogP) is 2.13. The lowest BCUT2D eigenvalue weighted by Gasteiger charge is -2.26. The van der Waals surface area contributed by atoms with Crippen LogP contribution in [-0.2, 0) is 19.3 Å². The van der Waals surface area contributed by atoms with E-state index in [-0.39, 0.29) is 0 Å². The Balaban J connectivity index is 2.17. The topological polar surface area (TPSA) is 21.1 Å². The molecule has 16 heavy (non-hydrogen) atoms. The van der Waals surface area contributed by atoms with Crippen molar-refractivity contribution >= 4 is 0 Å². The van der Waals surface area contributed by atoms with Gasteiger partial charge in [0.15, 0.2) is 5.69 Å². The molecule has 0 N–H and O–H groups in total. The van der Waals surface area contributed by atoms with Gasteiger partial charge in [-0.15, -0.1) is 0 Å². The molecule has 1 aromatic rings. The first kappa shape index (κ1) is 11.4. The average molecular weight is 233 g/mol. The quantitative estimate of drug-likeness (QED) is 0.780. The van der Waals surface area contributed by atoms with Crippen molar-refractivity contribution in [2.24, 2.45) is 0 Å². The molecule has 0 spiro atoms. The Hall–Kier alpha value is -1.04. The van der Waals surface area contributed by atoms with Gasteiger partial charge in [-0.2, -0.15) is 13.2 Å². The van der Waals surface area contributed by atoms with Crippen LogP contribution in [0.25, 0.3) is 0 Å². The monoisotopic (exact) mass is 233 g/mol. The van der Waals surface area contributed by atoms with E-state index in [1.165, 1.54) is 0 Å². The minimum Gasteiger partial charge on any atom is -0.332 e. The largest absolute Gasteiger partial charge is 0.434 e. The molecule has 0 bridgehead atoms. The van der Waals surface area contributed by atoms with Crippen LogP contribution < -0.4 is 0 Å². The molecule has 0 atom stereocenters. The molecule has 0 radical (unpaired) electrons. The molecule has 2 heterocycles. The van der Waals surface area contributed by atoms with Crippen molar-refractivity contribution in [3.05, 3.63) is 17.7 Å². The summed E-state index contributed by atoms with van der Waals surface area (Å²) in [5.41, 5.74) is -0.777. The number of aromatic nitrogens is 2. The van der Waals surface area contributed by atoms with Gasteiger partial charge in [0.1, 0.15) is 5.82 Å². The van der Waals surface area contributed by atoms with E-state index in [9.17, 15) is 13.2 Å². The van der Waals surface area contributed by atoms with Gasteiger partial charge in [-0.1, -0.05) is 6.92 Å². The fourth-order valence-corrected chi connectivity index (χ4v) is 1.95. The minimum absolute atomic E-state index is 0.518. The predicted molar refractivity (Wildman–Crippen MR) is 52.8 cm³/mol. The van der Waals surface area contributed by atoms with E-state index in [2.05, 4.69) is 16.8 Å². The zero-order chi connectivity index (χ0) is 11.8. The van der Waals surface area contributed by atoms with Gasteiger partial charge >= 0.3 is 6.18 Å². The molecule has 0 saturated heterocycles. The fourth-order valence-electron chi connectivity index (χ4n) is 1.95. The van der Waals surface area contributed by atoms with Crippen molar-refractivity contribution < 1.29 is 13.2 Å². The van der Waals surface area contributed by atoms with Gasteiger partial charge < -0.3 is 4.57 Å². The van der Waals surface area contributed by atoms with Gasteiger partial charge in [0.2, 0.25) is 0 Å². The lowest BCUT2D eigenvalue weighted by molar-refractivity contribution is -0.141. The molecule has 0 saturated carbocycles. The van der Waals surface area contributed by atoms with Crippen LogP contribution in [0.4, 0.5) is 13.2 Å². The van der Waals surface area contributed by atoms with Crippen LogP contribution in [-0.4, -0.2) is 27.5 Å². The van der Waals surface area contributed by atoms with E-state index < -0.39 is 11.9 Å². The smallest absolute Gasteiger partial charge is 0.332 e. The molecule has 0 fully saturated rings. The molecule has 0 aliphatic carbocycles. The number of nitrogens with zero attached hydrogens (tertiary/aromatic N) is 3.